The number of aliphatic hydroxyl groups excluding tert-OH is 1. The fourth-order valence-electron chi connectivity index (χ4n) is 2.57. The van der Waals surface area contributed by atoms with Crippen LogP contribution in [-0.2, 0) is 16.6 Å². The fourth-order valence-corrected chi connectivity index (χ4v) is 3.74. The van der Waals surface area contributed by atoms with Gasteiger partial charge in [-0.05, 0) is 17.7 Å². The molecule has 128 valence electrons. The van der Waals surface area contributed by atoms with Gasteiger partial charge in [-0.25, -0.2) is 12.7 Å². The molecule has 2 atom stereocenters. The van der Waals surface area contributed by atoms with E-state index in [1.165, 1.54) is 19.0 Å². The normalized spacial score (nSPS) is 21.9. The van der Waals surface area contributed by atoms with E-state index in [0.29, 0.717) is 12.1 Å². The summed E-state index contributed by atoms with van der Waals surface area (Å²) >= 11 is 0. The first-order valence-corrected chi connectivity index (χ1v) is 9.02. The van der Waals surface area contributed by atoms with E-state index in [2.05, 4.69) is 0 Å². The summed E-state index contributed by atoms with van der Waals surface area (Å²) in [6.45, 7) is 0.776. The van der Waals surface area contributed by atoms with Crippen LogP contribution in [0.1, 0.15) is 15.9 Å². The van der Waals surface area contributed by atoms with Gasteiger partial charge in [-0.3, -0.25) is 4.79 Å². The monoisotopic (exact) mass is 341 g/mol. The Bertz CT molecular complexity index is 658. The number of sulfonamides is 1. The van der Waals surface area contributed by atoms with Crippen molar-refractivity contribution in [2.75, 3.05) is 32.9 Å². The molecule has 1 heterocycles. The second-order valence-electron chi connectivity index (χ2n) is 6.00. The summed E-state index contributed by atoms with van der Waals surface area (Å²) in [6, 6.07) is 6.96. The van der Waals surface area contributed by atoms with Crippen LogP contribution in [-0.4, -0.2) is 67.7 Å². The van der Waals surface area contributed by atoms with Crippen molar-refractivity contribution in [2.24, 2.45) is 11.7 Å². The van der Waals surface area contributed by atoms with Gasteiger partial charge in [-0.2, -0.15) is 0 Å². The highest BCUT2D eigenvalue weighted by molar-refractivity contribution is 7.89. The van der Waals surface area contributed by atoms with E-state index < -0.39 is 22.0 Å². The minimum absolute atomic E-state index is 0.144. The Labute approximate surface area is 136 Å². The van der Waals surface area contributed by atoms with Gasteiger partial charge in [0.25, 0.3) is 5.91 Å². The summed E-state index contributed by atoms with van der Waals surface area (Å²) in [6.07, 6.45) is -0.836. The second kappa shape index (κ2) is 6.96. The van der Waals surface area contributed by atoms with Crippen molar-refractivity contribution in [3.63, 3.8) is 0 Å². The molecule has 1 aliphatic rings. The molecular weight excluding hydrogens is 318 g/mol. The van der Waals surface area contributed by atoms with E-state index in [-0.39, 0.29) is 24.7 Å². The van der Waals surface area contributed by atoms with E-state index in [1.54, 1.807) is 24.3 Å². The van der Waals surface area contributed by atoms with Gasteiger partial charge in [-0.1, -0.05) is 12.1 Å². The molecule has 23 heavy (non-hydrogen) atoms. The first-order chi connectivity index (χ1) is 10.7. The van der Waals surface area contributed by atoms with Crippen LogP contribution in [0.2, 0.25) is 0 Å². The lowest BCUT2D eigenvalue weighted by Crippen LogP contribution is -2.33. The first kappa shape index (κ1) is 17.9. The average molecular weight is 341 g/mol. The molecule has 1 aliphatic heterocycles. The third-order valence-electron chi connectivity index (χ3n) is 4.11. The SMILES string of the molecule is CN(C)S(=O)(=O)C[C@@H]1CN(C(=O)c2ccc(CN)cc2)C[C@H]1O. The second-order valence-corrected chi connectivity index (χ2v) is 8.23. The lowest BCUT2D eigenvalue weighted by molar-refractivity contribution is 0.0764. The minimum atomic E-state index is -3.42. The van der Waals surface area contributed by atoms with E-state index in [1.807, 2.05) is 0 Å². The highest BCUT2D eigenvalue weighted by atomic mass is 32.2. The van der Waals surface area contributed by atoms with Crippen LogP contribution in [0.3, 0.4) is 0 Å². The molecule has 7 nitrogen and oxygen atoms in total. The number of carbonyl (C=O) groups is 1. The van der Waals surface area contributed by atoms with Crippen molar-refractivity contribution in [2.45, 2.75) is 12.6 Å². The lowest BCUT2D eigenvalue weighted by Gasteiger charge is -2.18. The Morgan fingerprint density at radius 3 is 2.43 bits per heavy atom. The van der Waals surface area contributed by atoms with Gasteiger partial charge in [0, 0.05) is 45.2 Å². The number of β-amino-alcohol motifs (C(OH)–C–C–N with tert-alkyl or cyclic N) is 1. The Morgan fingerprint density at radius 1 is 1.30 bits per heavy atom. The number of amides is 1. The number of aliphatic hydroxyl groups is 1. The largest absolute Gasteiger partial charge is 0.391 e. The molecule has 0 bridgehead atoms. The van der Waals surface area contributed by atoms with Gasteiger partial charge in [0.2, 0.25) is 10.0 Å². The van der Waals surface area contributed by atoms with Gasteiger partial charge < -0.3 is 15.7 Å². The molecule has 0 radical (unpaired) electrons. The number of benzene rings is 1. The number of rotatable bonds is 5. The van der Waals surface area contributed by atoms with Crippen LogP contribution in [0.5, 0.6) is 0 Å². The Kier molecular flexibility index (Phi) is 5.41. The number of hydrogen-bond donors (Lipinski definition) is 2. The van der Waals surface area contributed by atoms with Crippen molar-refractivity contribution < 1.29 is 18.3 Å². The molecule has 1 amide bonds. The van der Waals surface area contributed by atoms with E-state index in [0.717, 1.165) is 9.87 Å². The Morgan fingerprint density at radius 2 is 1.91 bits per heavy atom. The van der Waals surface area contributed by atoms with Gasteiger partial charge in [0.05, 0.1) is 11.9 Å². The highest BCUT2D eigenvalue weighted by Crippen LogP contribution is 2.22. The molecule has 1 saturated heterocycles. The molecule has 0 unspecified atom stereocenters. The highest BCUT2D eigenvalue weighted by Gasteiger charge is 2.37. The first-order valence-electron chi connectivity index (χ1n) is 7.41. The smallest absolute Gasteiger partial charge is 0.253 e. The molecule has 0 saturated carbocycles. The van der Waals surface area contributed by atoms with Crippen molar-refractivity contribution in [3.8, 4) is 0 Å². The van der Waals surface area contributed by atoms with Crippen LogP contribution in [0.25, 0.3) is 0 Å². The zero-order valence-electron chi connectivity index (χ0n) is 13.3. The standard InChI is InChI=1S/C15H23N3O4S/c1-17(2)23(21,22)10-13-8-18(9-14(13)19)15(20)12-5-3-11(7-16)4-6-12/h3-6,13-14,19H,7-10,16H2,1-2H3/t13-,14+/m0/s1. The van der Waals surface area contributed by atoms with Crippen molar-refractivity contribution in [1.29, 1.82) is 0 Å². The summed E-state index contributed by atoms with van der Waals surface area (Å²) in [7, 11) is -0.502. The van der Waals surface area contributed by atoms with Gasteiger partial charge in [0.1, 0.15) is 0 Å². The van der Waals surface area contributed by atoms with Crippen LogP contribution >= 0.6 is 0 Å². The predicted octanol–water partition coefficient (Wildman–Crippen LogP) is -0.530. The predicted molar refractivity (Wildman–Crippen MR) is 87.2 cm³/mol. The Hall–Kier alpha value is -1.48. The Balaban J connectivity index is 2.06. The molecule has 3 N–H and O–H groups in total. The number of carbonyl (C=O) groups excluding carboxylic acids is 1. The third kappa shape index (κ3) is 4.08. The maximum Gasteiger partial charge on any atom is 0.253 e. The van der Waals surface area contributed by atoms with Gasteiger partial charge >= 0.3 is 0 Å². The van der Waals surface area contributed by atoms with Gasteiger partial charge in [0.15, 0.2) is 0 Å². The third-order valence-corrected chi connectivity index (χ3v) is 6.07. The van der Waals surface area contributed by atoms with E-state index in [9.17, 15) is 18.3 Å². The molecule has 1 fully saturated rings. The summed E-state index contributed by atoms with van der Waals surface area (Å²) in [5, 5.41) is 10.1. The summed E-state index contributed by atoms with van der Waals surface area (Å²) < 4.78 is 25.0. The molecule has 0 aliphatic carbocycles. The molecule has 1 aromatic carbocycles. The van der Waals surface area contributed by atoms with E-state index >= 15 is 0 Å². The summed E-state index contributed by atoms with van der Waals surface area (Å²) in [5.74, 6) is -0.858. The van der Waals surface area contributed by atoms with Crippen LogP contribution < -0.4 is 5.73 Å². The van der Waals surface area contributed by atoms with E-state index in [4.69, 9.17) is 5.73 Å². The zero-order valence-corrected chi connectivity index (χ0v) is 14.2. The van der Waals surface area contributed by atoms with Crippen LogP contribution in [0.4, 0.5) is 0 Å². The molecule has 8 heteroatoms. The van der Waals surface area contributed by atoms with Crippen molar-refractivity contribution in [3.05, 3.63) is 35.4 Å². The average Bonchev–Trinajstić information content (AvgIpc) is 2.87. The lowest BCUT2D eigenvalue weighted by atomic mass is 10.1. The quantitative estimate of drug-likeness (QED) is 0.749. The van der Waals surface area contributed by atoms with Crippen LogP contribution in [0.15, 0.2) is 24.3 Å². The van der Waals surface area contributed by atoms with Gasteiger partial charge in [-0.15, -0.1) is 0 Å². The summed E-state index contributed by atoms with van der Waals surface area (Å²) in [4.78, 5) is 14.0. The summed E-state index contributed by atoms with van der Waals surface area (Å²) in [5.41, 5.74) is 6.96. The zero-order chi connectivity index (χ0) is 17.2. The number of nitrogens with two attached hydrogens (primary N) is 1. The minimum Gasteiger partial charge on any atom is -0.391 e. The maximum atomic E-state index is 12.5. The topological polar surface area (TPSA) is 104 Å². The maximum absolute atomic E-state index is 12.5. The molecule has 0 aromatic heterocycles. The fraction of sp³-hybridized carbons (Fsp3) is 0.533. The van der Waals surface area contributed by atoms with Crippen molar-refractivity contribution in [1.82, 2.24) is 9.21 Å². The number of hydrogen-bond acceptors (Lipinski definition) is 5. The number of nitrogens with zero attached hydrogens (tertiary/aromatic N) is 2. The molecule has 0 spiro atoms. The molecular formula is C15H23N3O4S. The molecule has 2 rings (SSSR count). The number of likely N-dealkylation sites (tertiary alicyclic amines) is 1. The van der Waals surface area contributed by atoms with Crippen LogP contribution in [0, 0.1) is 5.92 Å². The molecule has 1 aromatic rings. The van der Waals surface area contributed by atoms with Crippen molar-refractivity contribution >= 4 is 15.9 Å².